The lowest BCUT2D eigenvalue weighted by molar-refractivity contribution is -0.116. The van der Waals surface area contributed by atoms with E-state index in [0.717, 1.165) is 11.1 Å². The second-order valence-corrected chi connectivity index (χ2v) is 5.48. The molecule has 0 unspecified atom stereocenters. The van der Waals surface area contributed by atoms with Crippen LogP contribution >= 0.6 is 23.2 Å². The average molecular weight is 324 g/mol. The number of halogens is 2. The van der Waals surface area contributed by atoms with Crippen molar-refractivity contribution in [2.75, 3.05) is 5.32 Å². The molecule has 0 aliphatic rings. The van der Waals surface area contributed by atoms with Gasteiger partial charge in [0, 0.05) is 22.2 Å². The van der Waals surface area contributed by atoms with E-state index in [0.29, 0.717) is 28.6 Å². The predicted molar refractivity (Wildman–Crippen MR) is 85.8 cm³/mol. The molecule has 0 aromatic heterocycles. The fourth-order valence-corrected chi connectivity index (χ4v) is 2.39. The van der Waals surface area contributed by atoms with Crippen LogP contribution in [0.2, 0.25) is 10.0 Å². The van der Waals surface area contributed by atoms with Crippen LogP contribution in [0.15, 0.2) is 42.5 Å². The minimum absolute atomic E-state index is 0.0106. The van der Waals surface area contributed by atoms with Crippen LogP contribution in [0.3, 0.4) is 0 Å². The van der Waals surface area contributed by atoms with E-state index < -0.39 is 0 Å². The van der Waals surface area contributed by atoms with Gasteiger partial charge in [0.2, 0.25) is 5.91 Å². The molecule has 0 saturated heterocycles. The van der Waals surface area contributed by atoms with E-state index >= 15 is 0 Å². The van der Waals surface area contributed by atoms with Gasteiger partial charge in [-0.25, -0.2) is 0 Å². The maximum absolute atomic E-state index is 11.9. The molecule has 0 fully saturated rings. The third kappa shape index (κ3) is 4.74. The molecular formula is C16H15Cl2NO2. The highest BCUT2D eigenvalue weighted by Gasteiger charge is 2.06. The summed E-state index contributed by atoms with van der Waals surface area (Å²) in [5, 5.41) is 12.9. The topological polar surface area (TPSA) is 49.3 Å². The van der Waals surface area contributed by atoms with Crippen molar-refractivity contribution >= 4 is 34.8 Å². The molecular weight excluding hydrogens is 309 g/mol. The van der Waals surface area contributed by atoms with Crippen LogP contribution < -0.4 is 5.32 Å². The predicted octanol–water partition coefficient (Wildman–Crippen LogP) is 4.06. The number of hydrogen-bond donors (Lipinski definition) is 2. The number of aryl methyl sites for hydroxylation is 1. The molecule has 0 heterocycles. The van der Waals surface area contributed by atoms with Crippen molar-refractivity contribution in [3.05, 3.63) is 63.6 Å². The van der Waals surface area contributed by atoms with E-state index in [-0.39, 0.29) is 12.5 Å². The van der Waals surface area contributed by atoms with Crippen LogP contribution in [0.5, 0.6) is 0 Å². The molecule has 2 aromatic carbocycles. The normalized spacial score (nSPS) is 10.4. The van der Waals surface area contributed by atoms with Crippen molar-refractivity contribution in [1.82, 2.24) is 0 Å². The molecule has 0 radical (unpaired) electrons. The first kappa shape index (κ1) is 15.8. The minimum Gasteiger partial charge on any atom is -0.392 e. The van der Waals surface area contributed by atoms with Gasteiger partial charge in [-0.2, -0.15) is 0 Å². The quantitative estimate of drug-likeness (QED) is 0.871. The summed E-state index contributed by atoms with van der Waals surface area (Å²) < 4.78 is 0. The molecule has 1 amide bonds. The van der Waals surface area contributed by atoms with Crippen molar-refractivity contribution in [3.63, 3.8) is 0 Å². The van der Waals surface area contributed by atoms with Crippen molar-refractivity contribution in [2.45, 2.75) is 19.4 Å². The molecule has 110 valence electrons. The highest BCUT2D eigenvalue weighted by atomic mass is 35.5. The fourth-order valence-electron chi connectivity index (χ4n) is 1.89. The van der Waals surface area contributed by atoms with Crippen molar-refractivity contribution in [3.8, 4) is 0 Å². The van der Waals surface area contributed by atoms with E-state index in [2.05, 4.69) is 5.32 Å². The Hall–Kier alpha value is -1.55. The Morgan fingerprint density at radius 2 is 1.81 bits per heavy atom. The fraction of sp³-hybridized carbons (Fsp3) is 0.188. The van der Waals surface area contributed by atoms with Gasteiger partial charge in [-0.3, -0.25) is 4.79 Å². The molecule has 2 rings (SSSR count). The Kier molecular flexibility index (Phi) is 5.62. The Labute approximate surface area is 133 Å². The molecule has 21 heavy (non-hydrogen) atoms. The van der Waals surface area contributed by atoms with Crippen LogP contribution in [0.4, 0.5) is 5.69 Å². The standard InChI is InChI=1S/C16H15Cl2NO2/c17-13-5-3-12(15(18)9-13)4-8-16(21)19-14-6-1-11(10-20)2-7-14/h1-3,5-7,9,20H,4,8,10H2,(H,19,21). The van der Waals surface area contributed by atoms with Gasteiger partial charge in [0.25, 0.3) is 0 Å². The summed E-state index contributed by atoms with van der Waals surface area (Å²) in [6.07, 6.45) is 0.889. The summed E-state index contributed by atoms with van der Waals surface area (Å²) in [5.41, 5.74) is 2.41. The van der Waals surface area contributed by atoms with Gasteiger partial charge < -0.3 is 10.4 Å². The van der Waals surface area contributed by atoms with E-state index in [4.69, 9.17) is 28.3 Å². The molecule has 0 bridgehead atoms. The largest absolute Gasteiger partial charge is 0.392 e. The maximum Gasteiger partial charge on any atom is 0.224 e. The van der Waals surface area contributed by atoms with Crippen molar-refractivity contribution in [2.24, 2.45) is 0 Å². The van der Waals surface area contributed by atoms with Crippen molar-refractivity contribution in [1.29, 1.82) is 0 Å². The van der Waals surface area contributed by atoms with E-state index in [1.807, 2.05) is 6.07 Å². The zero-order chi connectivity index (χ0) is 15.2. The molecule has 0 atom stereocenters. The lowest BCUT2D eigenvalue weighted by Gasteiger charge is -2.07. The van der Waals surface area contributed by atoms with Crippen molar-refractivity contribution < 1.29 is 9.90 Å². The summed E-state index contributed by atoms with van der Waals surface area (Å²) in [4.78, 5) is 11.9. The number of nitrogens with one attached hydrogen (secondary N) is 1. The molecule has 0 saturated carbocycles. The summed E-state index contributed by atoms with van der Waals surface area (Å²) in [6, 6.07) is 12.3. The molecule has 0 aliphatic carbocycles. The first-order chi connectivity index (χ1) is 10.1. The number of amides is 1. The smallest absolute Gasteiger partial charge is 0.224 e. The lowest BCUT2D eigenvalue weighted by atomic mass is 10.1. The van der Waals surface area contributed by atoms with E-state index in [1.165, 1.54) is 0 Å². The van der Waals surface area contributed by atoms with Gasteiger partial charge in [0.15, 0.2) is 0 Å². The highest BCUT2D eigenvalue weighted by Crippen LogP contribution is 2.22. The molecule has 2 aromatic rings. The van der Waals surface area contributed by atoms with Gasteiger partial charge in [0.1, 0.15) is 0 Å². The van der Waals surface area contributed by atoms with Gasteiger partial charge in [-0.15, -0.1) is 0 Å². The van der Waals surface area contributed by atoms with Gasteiger partial charge in [-0.1, -0.05) is 41.4 Å². The number of aliphatic hydroxyl groups is 1. The number of anilines is 1. The third-order valence-corrected chi connectivity index (χ3v) is 3.64. The Morgan fingerprint density at radius 1 is 1.10 bits per heavy atom. The maximum atomic E-state index is 11.9. The van der Waals surface area contributed by atoms with Crippen LogP contribution in [0.25, 0.3) is 0 Å². The monoisotopic (exact) mass is 323 g/mol. The average Bonchev–Trinajstić information content (AvgIpc) is 2.47. The van der Waals surface area contributed by atoms with Gasteiger partial charge in [0.05, 0.1) is 6.61 Å². The number of carbonyl (C=O) groups is 1. The second kappa shape index (κ2) is 7.46. The number of aliphatic hydroxyl groups excluding tert-OH is 1. The van der Waals surface area contributed by atoms with Crippen LogP contribution in [-0.2, 0) is 17.8 Å². The molecule has 3 nitrogen and oxygen atoms in total. The Balaban J connectivity index is 1.89. The van der Waals surface area contributed by atoms with Gasteiger partial charge >= 0.3 is 0 Å². The molecule has 0 spiro atoms. The zero-order valence-electron chi connectivity index (χ0n) is 11.3. The number of rotatable bonds is 5. The SMILES string of the molecule is O=C(CCc1ccc(Cl)cc1Cl)Nc1ccc(CO)cc1. The third-order valence-electron chi connectivity index (χ3n) is 3.06. The second-order valence-electron chi connectivity index (χ2n) is 4.64. The molecule has 0 aliphatic heterocycles. The summed E-state index contributed by atoms with van der Waals surface area (Å²) >= 11 is 11.9. The van der Waals surface area contributed by atoms with E-state index in [9.17, 15) is 4.79 Å². The number of hydrogen-bond acceptors (Lipinski definition) is 2. The summed E-state index contributed by atoms with van der Waals surface area (Å²) in [7, 11) is 0. The Morgan fingerprint density at radius 3 is 2.43 bits per heavy atom. The first-order valence-electron chi connectivity index (χ1n) is 6.52. The number of carbonyl (C=O) groups excluding carboxylic acids is 1. The minimum atomic E-state index is -0.0854. The van der Waals surface area contributed by atoms with Crippen LogP contribution in [-0.4, -0.2) is 11.0 Å². The summed E-state index contributed by atoms with van der Waals surface area (Å²) in [5.74, 6) is -0.0854. The zero-order valence-corrected chi connectivity index (χ0v) is 12.8. The molecule has 2 N–H and O–H groups in total. The lowest BCUT2D eigenvalue weighted by Crippen LogP contribution is -2.12. The van der Waals surface area contributed by atoms with Gasteiger partial charge in [-0.05, 0) is 41.8 Å². The van der Waals surface area contributed by atoms with Crippen LogP contribution in [0.1, 0.15) is 17.5 Å². The molecule has 5 heteroatoms. The first-order valence-corrected chi connectivity index (χ1v) is 7.27. The van der Waals surface area contributed by atoms with Crippen LogP contribution in [0, 0.1) is 0 Å². The summed E-state index contributed by atoms with van der Waals surface area (Å²) in [6.45, 7) is -0.0106. The Bertz CT molecular complexity index is 627. The van der Waals surface area contributed by atoms with E-state index in [1.54, 1.807) is 36.4 Å². The highest BCUT2D eigenvalue weighted by molar-refractivity contribution is 6.35. The number of benzene rings is 2.